The Labute approximate surface area is 105 Å². The fraction of sp³-hybridized carbons (Fsp3) is 0.429. The number of nitrogens with zero attached hydrogens (tertiary/aromatic N) is 1. The van der Waals surface area contributed by atoms with Crippen LogP contribution in [0.5, 0.6) is 0 Å². The van der Waals surface area contributed by atoms with Crippen molar-refractivity contribution in [1.82, 2.24) is 4.90 Å². The van der Waals surface area contributed by atoms with Gasteiger partial charge in [-0.05, 0) is 36.1 Å². The quantitative estimate of drug-likeness (QED) is 0.759. The molecule has 4 heteroatoms. The third-order valence-electron chi connectivity index (χ3n) is 3.93. The van der Waals surface area contributed by atoms with E-state index in [-0.39, 0.29) is 11.7 Å². The maximum absolute atomic E-state index is 12.8. The van der Waals surface area contributed by atoms with Crippen LogP contribution in [0.1, 0.15) is 23.2 Å². The Morgan fingerprint density at radius 1 is 1.11 bits per heavy atom. The lowest BCUT2D eigenvalue weighted by Crippen LogP contribution is -2.29. The van der Waals surface area contributed by atoms with Gasteiger partial charge < -0.3 is 4.90 Å². The molecule has 1 amide bonds. The van der Waals surface area contributed by atoms with E-state index in [0.717, 1.165) is 0 Å². The first-order valence-corrected chi connectivity index (χ1v) is 6.20. The predicted octanol–water partition coefficient (Wildman–Crippen LogP) is 1.88. The van der Waals surface area contributed by atoms with Gasteiger partial charge in [0, 0.05) is 31.5 Å². The Morgan fingerprint density at radius 3 is 2.22 bits per heavy atom. The molecule has 2 unspecified atom stereocenters. The lowest BCUT2D eigenvalue weighted by atomic mass is 10.0. The number of rotatable bonds is 1. The molecular formula is C14H14FNO2. The number of carbonyl (C=O) groups excluding carboxylic acids is 2. The van der Waals surface area contributed by atoms with E-state index >= 15 is 0 Å². The molecule has 94 valence electrons. The van der Waals surface area contributed by atoms with E-state index in [1.54, 1.807) is 4.90 Å². The first kappa shape index (κ1) is 11.4. The largest absolute Gasteiger partial charge is 0.338 e. The summed E-state index contributed by atoms with van der Waals surface area (Å²) in [5.41, 5.74) is 0.516. The molecule has 2 fully saturated rings. The first-order chi connectivity index (χ1) is 8.63. The fourth-order valence-corrected chi connectivity index (χ4v) is 3.01. The number of carbonyl (C=O) groups is 2. The van der Waals surface area contributed by atoms with Crippen LogP contribution in [-0.4, -0.2) is 29.7 Å². The van der Waals surface area contributed by atoms with E-state index < -0.39 is 0 Å². The molecule has 1 heterocycles. The molecule has 1 aliphatic heterocycles. The number of Topliss-reactive ketones (excluding diaryl/α,β-unsaturated/α-hetero) is 1. The molecule has 3 nitrogen and oxygen atoms in total. The molecular weight excluding hydrogens is 233 g/mol. The van der Waals surface area contributed by atoms with E-state index in [1.165, 1.54) is 24.3 Å². The lowest BCUT2D eigenvalue weighted by molar-refractivity contribution is -0.117. The third-order valence-corrected chi connectivity index (χ3v) is 3.93. The lowest BCUT2D eigenvalue weighted by Gasteiger charge is -2.17. The smallest absolute Gasteiger partial charge is 0.253 e. The molecule has 2 aliphatic rings. The summed E-state index contributed by atoms with van der Waals surface area (Å²) in [6.45, 7) is 1.32. The summed E-state index contributed by atoms with van der Waals surface area (Å²) in [5.74, 6) is 0.593. The molecule has 2 atom stereocenters. The molecule has 1 saturated heterocycles. The zero-order chi connectivity index (χ0) is 12.7. The molecule has 1 aliphatic carbocycles. The summed E-state index contributed by atoms with van der Waals surface area (Å²) < 4.78 is 12.8. The second-order valence-corrected chi connectivity index (χ2v) is 5.18. The minimum atomic E-state index is -0.338. The molecule has 1 aromatic rings. The second kappa shape index (κ2) is 4.19. The highest BCUT2D eigenvalue weighted by Gasteiger charge is 2.41. The van der Waals surface area contributed by atoms with Gasteiger partial charge in [0.25, 0.3) is 5.91 Å². The zero-order valence-electron chi connectivity index (χ0n) is 9.93. The molecule has 0 bridgehead atoms. The van der Waals surface area contributed by atoms with Crippen LogP contribution in [0.15, 0.2) is 24.3 Å². The van der Waals surface area contributed by atoms with Gasteiger partial charge in [0.05, 0.1) is 0 Å². The number of fused-ring (bicyclic) bond motifs is 1. The van der Waals surface area contributed by atoms with Crippen LogP contribution >= 0.6 is 0 Å². The van der Waals surface area contributed by atoms with Gasteiger partial charge in [0.2, 0.25) is 0 Å². The molecule has 3 rings (SSSR count). The first-order valence-electron chi connectivity index (χ1n) is 6.20. The normalized spacial score (nSPS) is 26.5. The standard InChI is InChI=1S/C14H14FNO2/c15-12-3-1-9(2-4-12)14(18)16-7-10-5-13(17)6-11(10)8-16/h1-4,10-11H,5-8H2. The van der Waals surface area contributed by atoms with Crippen molar-refractivity contribution in [3.63, 3.8) is 0 Å². The van der Waals surface area contributed by atoms with Gasteiger partial charge in [0.15, 0.2) is 0 Å². The molecule has 0 aromatic heterocycles. The molecule has 0 radical (unpaired) electrons. The summed E-state index contributed by atoms with van der Waals surface area (Å²) in [6, 6.07) is 5.62. The van der Waals surface area contributed by atoms with Crippen LogP contribution < -0.4 is 0 Å². The average molecular weight is 247 g/mol. The van der Waals surface area contributed by atoms with Crippen LogP contribution in [0.25, 0.3) is 0 Å². The van der Waals surface area contributed by atoms with E-state index in [0.29, 0.717) is 49.1 Å². The summed E-state index contributed by atoms with van der Waals surface area (Å²) in [5, 5.41) is 0. The Hall–Kier alpha value is -1.71. The maximum Gasteiger partial charge on any atom is 0.253 e. The molecule has 0 spiro atoms. The maximum atomic E-state index is 12.8. The minimum absolute atomic E-state index is 0.0585. The number of ketones is 1. The fourth-order valence-electron chi connectivity index (χ4n) is 3.01. The van der Waals surface area contributed by atoms with Gasteiger partial charge in [-0.25, -0.2) is 4.39 Å². The molecule has 18 heavy (non-hydrogen) atoms. The second-order valence-electron chi connectivity index (χ2n) is 5.18. The number of amides is 1. The summed E-state index contributed by atoms with van der Waals surface area (Å²) >= 11 is 0. The number of hydrogen-bond acceptors (Lipinski definition) is 2. The Balaban J connectivity index is 1.72. The van der Waals surface area contributed by atoms with Crippen LogP contribution in [0.4, 0.5) is 4.39 Å². The Kier molecular flexibility index (Phi) is 2.65. The number of hydrogen-bond donors (Lipinski definition) is 0. The van der Waals surface area contributed by atoms with Crippen LogP contribution in [0.2, 0.25) is 0 Å². The number of halogens is 1. The van der Waals surface area contributed by atoms with Crippen molar-refractivity contribution >= 4 is 11.7 Å². The number of benzene rings is 1. The Bertz CT molecular complexity index is 481. The highest BCUT2D eigenvalue weighted by atomic mass is 19.1. The Morgan fingerprint density at radius 2 is 1.67 bits per heavy atom. The third kappa shape index (κ3) is 1.92. The van der Waals surface area contributed by atoms with Gasteiger partial charge in [-0.15, -0.1) is 0 Å². The van der Waals surface area contributed by atoms with E-state index in [9.17, 15) is 14.0 Å². The van der Waals surface area contributed by atoms with Gasteiger partial charge in [0.1, 0.15) is 11.6 Å². The van der Waals surface area contributed by atoms with Crippen molar-refractivity contribution in [1.29, 1.82) is 0 Å². The molecule has 0 N–H and O–H groups in total. The summed E-state index contributed by atoms with van der Waals surface area (Å²) in [7, 11) is 0. The molecule has 1 saturated carbocycles. The van der Waals surface area contributed by atoms with Crippen LogP contribution in [-0.2, 0) is 4.79 Å². The zero-order valence-corrected chi connectivity index (χ0v) is 9.93. The topological polar surface area (TPSA) is 37.4 Å². The van der Waals surface area contributed by atoms with Crippen molar-refractivity contribution in [2.75, 3.05) is 13.1 Å². The molecule has 1 aromatic carbocycles. The van der Waals surface area contributed by atoms with Crippen LogP contribution in [0, 0.1) is 17.7 Å². The van der Waals surface area contributed by atoms with E-state index in [1.807, 2.05) is 0 Å². The van der Waals surface area contributed by atoms with Gasteiger partial charge in [-0.3, -0.25) is 9.59 Å². The predicted molar refractivity (Wildman–Crippen MR) is 63.5 cm³/mol. The highest BCUT2D eigenvalue weighted by molar-refractivity contribution is 5.94. The monoisotopic (exact) mass is 247 g/mol. The minimum Gasteiger partial charge on any atom is -0.338 e. The van der Waals surface area contributed by atoms with Crippen molar-refractivity contribution in [2.24, 2.45) is 11.8 Å². The average Bonchev–Trinajstić information content (AvgIpc) is 2.86. The van der Waals surface area contributed by atoms with Crippen molar-refractivity contribution in [2.45, 2.75) is 12.8 Å². The van der Waals surface area contributed by atoms with Crippen molar-refractivity contribution < 1.29 is 14.0 Å². The van der Waals surface area contributed by atoms with Crippen molar-refractivity contribution in [3.8, 4) is 0 Å². The van der Waals surface area contributed by atoms with Gasteiger partial charge >= 0.3 is 0 Å². The highest BCUT2D eigenvalue weighted by Crippen LogP contribution is 2.36. The van der Waals surface area contributed by atoms with Gasteiger partial charge in [-0.2, -0.15) is 0 Å². The van der Waals surface area contributed by atoms with Gasteiger partial charge in [-0.1, -0.05) is 0 Å². The number of likely N-dealkylation sites (tertiary alicyclic amines) is 1. The SMILES string of the molecule is O=C1CC2CN(C(=O)c3ccc(F)cc3)CC2C1. The van der Waals surface area contributed by atoms with Crippen molar-refractivity contribution in [3.05, 3.63) is 35.6 Å². The van der Waals surface area contributed by atoms with E-state index in [4.69, 9.17) is 0 Å². The van der Waals surface area contributed by atoms with E-state index in [2.05, 4.69) is 0 Å². The summed E-state index contributed by atoms with van der Waals surface area (Å²) in [6.07, 6.45) is 1.22. The van der Waals surface area contributed by atoms with Crippen LogP contribution in [0.3, 0.4) is 0 Å². The summed E-state index contributed by atoms with van der Waals surface area (Å²) in [4.78, 5) is 25.3.